The number of nitrogens with zero attached hydrogens (tertiary/aromatic N) is 1. The minimum absolute atomic E-state index is 0.279. The van der Waals surface area contributed by atoms with E-state index in [1.165, 1.54) is 0 Å². The van der Waals surface area contributed by atoms with Crippen LogP contribution in [0.2, 0.25) is 20.2 Å². The van der Waals surface area contributed by atoms with Crippen LogP contribution in [0.4, 0.5) is 0 Å². The summed E-state index contributed by atoms with van der Waals surface area (Å²) in [5.74, 6) is 0.607. The van der Waals surface area contributed by atoms with E-state index in [1.54, 1.807) is 30.5 Å². The highest BCUT2D eigenvalue weighted by molar-refractivity contribution is 6.42. The zero-order valence-electron chi connectivity index (χ0n) is 8.96. The van der Waals surface area contributed by atoms with Crippen LogP contribution in [-0.2, 0) is 6.61 Å². The van der Waals surface area contributed by atoms with Gasteiger partial charge >= 0.3 is 0 Å². The van der Waals surface area contributed by atoms with Gasteiger partial charge in [0.2, 0.25) is 0 Å². The molecule has 18 heavy (non-hydrogen) atoms. The van der Waals surface area contributed by atoms with E-state index >= 15 is 0 Å². The van der Waals surface area contributed by atoms with E-state index in [-0.39, 0.29) is 6.61 Å². The quantitative estimate of drug-likeness (QED) is 0.718. The van der Waals surface area contributed by atoms with Gasteiger partial charge in [-0.15, -0.1) is 0 Å². The molecule has 0 unspecified atom stereocenters. The highest BCUT2D eigenvalue weighted by atomic mass is 35.5. The van der Waals surface area contributed by atoms with Crippen molar-refractivity contribution in [2.75, 3.05) is 0 Å². The lowest BCUT2D eigenvalue weighted by Gasteiger charge is -2.08. The Kier molecular flexibility index (Phi) is 4.57. The van der Waals surface area contributed by atoms with Crippen molar-refractivity contribution in [1.29, 1.82) is 0 Å². The SMILES string of the molecule is Clc1cc(Cl)c(COc2ccc(Cl)c(Cl)c2)cn1. The third-order valence-electron chi connectivity index (χ3n) is 2.18. The molecular weight excluding hydrogens is 316 g/mol. The molecule has 2 aromatic rings. The number of ether oxygens (including phenoxy) is 1. The van der Waals surface area contributed by atoms with Crippen LogP contribution < -0.4 is 4.74 Å². The zero-order valence-corrected chi connectivity index (χ0v) is 12.0. The first-order valence-electron chi connectivity index (χ1n) is 4.94. The van der Waals surface area contributed by atoms with Crippen LogP contribution in [0.5, 0.6) is 5.75 Å². The van der Waals surface area contributed by atoms with Crippen LogP contribution in [0.15, 0.2) is 30.5 Å². The summed E-state index contributed by atoms with van der Waals surface area (Å²) in [6.07, 6.45) is 1.57. The molecule has 0 saturated carbocycles. The number of halogens is 4. The van der Waals surface area contributed by atoms with Gasteiger partial charge < -0.3 is 4.74 Å². The molecule has 0 amide bonds. The molecule has 0 aliphatic heterocycles. The van der Waals surface area contributed by atoms with Crippen molar-refractivity contribution in [1.82, 2.24) is 4.98 Å². The normalized spacial score (nSPS) is 10.4. The molecule has 2 rings (SSSR count). The number of hydrogen-bond acceptors (Lipinski definition) is 2. The summed E-state index contributed by atoms with van der Waals surface area (Å²) in [5.41, 5.74) is 0.743. The van der Waals surface area contributed by atoms with E-state index in [4.69, 9.17) is 51.1 Å². The lowest BCUT2D eigenvalue weighted by molar-refractivity contribution is 0.306. The van der Waals surface area contributed by atoms with Gasteiger partial charge in [-0.3, -0.25) is 0 Å². The van der Waals surface area contributed by atoms with Crippen molar-refractivity contribution in [3.63, 3.8) is 0 Å². The molecule has 94 valence electrons. The maximum Gasteiger partial charge on any atom is 0.130 e. The van der Waals surface area contributed by atoms with E-state index in [1.807, 2.05) is 0 Å². The maximum absolute atomic E-state index is 6.00. The standard InChI is InChI=1S/C12H7Cl4NO/c13-9-2-1-8(3-11(9)15)18-6-7-5-17-12(16)4-10(7)14/h1-5H,6H2. The molecule has 0 bridgehead atoms. The monoisotopic (exact) mass is 321 g/mol. The number of aromatic nitrogens is 1. The van der Waals surface area contributed by atoms with E-state index < -0.39 is 0 Å². The average Bonchev–Trinajstić information content (AvgIpc) is 2.32. The van der Waals surface area contributed by atoms with E-state index in [0.717, 1.165) is 5.56 Å². The molecular formula is C12H7Cl4NO. The Hall–Kier alpha value is -0.670. The van der Waals surface area contributed by atoms with Gasteiger partial charge in [-0.1, -0.05) is 46.4 Å². The van der Waals surface area contributed by atoms with Gasteiger partial charge in [-0.25, -0.2) is 4.98 Å². The fourth-order valence-corrected chi connectivity index (χ4v) is 1.98. The molecule has 0 aliphatic carbocycles. The van der Waals surface area contributed by atoms with Crippen molar-refractivity contribution in [3.8, 4) is 5.75 Å². The average molecular weight is 323 g/mol. The molecule has 1 heterocycles. The topological polar surface area (TPSA) is 22.1 Å². The van der Waals surface area contributed by atoms with Crippen LogP contribution in [0, 0.1) is 0 Å². The highest BCUT2D eigenvalue weighted by Gasteiger charge is 2.05. The third kappa shape index (κ3) is 3.42. The van der Waals surface area contributed by atoms with Crippen molar-refractivity contribution in [2.45, 2.75) is 6.61 Å². The van der Waals surface area contributed by atoms with Crippen LogP contribution in [0.25, 0.3) is 0 Å². The second-order valence-corrected chi connectivity index (χ2v) is 5.07. The molecule has 0 fully saturated rings. The molecule has 2 nitrogen and oxygen atoms in total. The lowest BCUT2D eigenvalue weighted by atomic mass is 10.3. The second kappa shape index (κ2) is 5.98. The molecule has 6 heteroatoms. The molecule has 0 atom stereocenters. The first-order valence-corrected chi connectivity index (χ1v) is 6.45. The third-order valence-corrected chi connectivity index (χ3v) is 3.48. The van der Waals surface area contributed by atoms with Gasteiger partial charge in [0, 0.05) is 17.8 Å². The minimum Gasteiger partial charge on any atom is -0.489 e. The first-order chi connectivity index (χ1) is 8.56. The molecule has 0 N–H and O–H groups in total. The summed E-state index contributed by atoms with van der Waals surface area (Å²) in [4.78, 5) is 3.94. The number of benzene rings is 1. The van der Waals surface area contributed by atoms with Crippen LogP contribution in [0.1, 0.15) is 5.56 Å². The molecule has 0 aliphatic rings. The minimum atomic E-state index is 0.279. The fourth-order valence-electron chi connectivity index (χ4n) is 1.27. The summed E-state index contributed by atoms with van der Waals surface area (Å²) >= 11 is 23.4. The van der Waals surface area contributed by atoms with Crippen molar-refractivity contribution >= 4 is 46.4 Å². The summed E-state index contributed by atoms with van der Waals surface area (Å²) in [5, 5.41) is 1.78. The maximum atomic E-state index is 6.00. The Morgan fingerprint density at radius 2 is 1.72 bits per heavy atom. The molecule has 1 aromatic heterocycles. The molecule has 0 saturated heterocycles. The van der Waals surface area contributed by atoms with Crippen molar-refractivity contribution in [3.05, 3.63) is 56.2 Å². The number of hydrogen-bond donors (Lipinski definition) is 0. The summed E-state index contributed by atoms with van der Waals surface area (Å²) in [7, 11) is 0. The summed E-state index contributed by atoms with van der Waals surface area (Å²) < 4.78 is 5.54. The van der Waals surface area contributed by atoms with Gasteiger partial charge in [0.25, 0.3) is 0 Å². The Balaban J connectivity index is 2.09. The predicted molar refractivity (Wildman–Crippen MR) is 75.1 cm³/mol. The highest BCUT2D eigenvalue weighted by Crippen LogP contribution is 2.27. The Morgan fingerprint density at radius 3 is 2.39 bits per heavy atom. The van der Waals surface area contributed by atoms with Crippen LogP contribution in [0.3, 0.4) is 0 Å². The smallest absolute Gasteiger partial charge is 0.130 e. The Labute approximate surface area is 124 Å². The number of rotatable bonds is 3. The number of pyridine rings is 1. The molecule has 0 radical (unpaired) electrons. The Bertz CT molecular complexity index is 574. The van der Waals surface area contributed by atoms with Crippen LogP contribution in [-0.4, -0.2) is 4.98 Å². The summed E-state index contributed by atoms with van der Waals surface area (Å²) in [6, 6.07) is 6.60. The van der Waals surface area contributed by atoms with Gasteiger partial charge in [-0.2, -0.15) is 0 Å². The van der Waals surface area contributed by atoms with E-state index in [9.17, 15) is 0 Å². The van der Waals surface area contributed by atoms with Crippen LogP contribution >= 0.6 is 46.4 Å². The first kappa shape index (κ1) is 13.8. The van der Waals surface area contributed by atoms with Gasteiger partial charge in [0.15, 0.2) is 0 Å². The van der Waals surface area contributed by atoms with Crippen molar-refractivity contribution in [2.24, 2.45) is 0 Å². The second-order valence-electron chi connectivity index (χ2n) is 3.46. The molecule has 0 spiro atoms. The van der Waals surface area contributed by atoms with E-state index in [2.05, 4.69) is 4.98 Å². The van der Waals surface area contributed by atoms with Gasteiger partial charge in [0.1, 0.15) is 17.5 Å². The van der Waals surface area contributed by atoms with Gasteiger partial charge in [0.05, 0.1) is 15.1 Å². The van der Waals surface area contributed by atoms with Gasteiger partial charge in [-0.05, 0) is 18.2 Å². The van der Waals surface area contributed by atoms with Crippen molar-refractivity contribution < 1.29 is 4.74 Å². The predicted octanol–water partition coefficient (Wildman–Crippen LogP) is 5.27. The fraction of sp³-hybridized carbons (Fsp3) is 0.0833. The zero-order chi connectivity index (χ0) is 13.1. The van der Waals surface area contributed by atoms with E-state index in [0.29, 0.717) is 26.0 Å². The molecule has 1 aromatic carbocycles. The Morgan fingerprint density at radius 1 is 0.944 bits per heavy atom. The summed E-state index contributed by atoms with van der Waals surface area (Å²) in [6.45, 7) is 0.279. The largest absolute Gasteiger partial charge is 0.489 e. The lowest BCUT2D eigenvalue weighted by Crippen LogP contribution is -1.97.